The van der Waals surface area contributed by atoms with Crippen molar-refractivity contribution >= 4 is 23.1 Å². The smallest absolute Gasteiger partial charge is 0.351 e. The number of rotatable bonds is 5. The molecule has 1 atom stereocenters. The molecule has 3 rings (SSSR count). The average molecular weight is 450 g/mol. The molecule has 2 N–H and O–H groups in total. The first kappa shape index (κ1) is 24.0. The van der Waals surface area contributed by atoms with Gasteiger partial charge in [0.05, 0.1) is 11.3 Å². The second-order valence-corrected chi connectivity index (χ2v) is 7.98. The number of hydrogen-bond donors (Lipinski definition) is 2. The lowest BCUT2D eigenvalue weighted by molar-refractivity contribution is -0.137. The SMILES string of the molecule is CC/C=C/N=C1\NC(=O)CC\C1=C(\C)c1cc(C(F)(F)F)cc(N2CCNCC2CC)n1. The molecule has 0 radical (unpaired) electrons. The van der Waals surface area contributed by atoms with Crippen LogP contribution in [0.2, 0.25) is 0 Å². The number of nitrogens with one attached hydrogen (secondary N) is 2. The number of anilines is 1. The van der Waals surface area contributed by atoms with Crippen LogP contribution in [0.3, 0.4) is 0 Å². The number of alkyl halides is 3. The maximum atomic E-state index is 13.8. The summed E-state index contributed by atoms with van der Waals surface area (Å²) in [5.74, 6) is 0.541. The fourth-order valence-corrected chi connectivity index (χ4v) is 3.94. The van der Waals surface area contributed by atoms with Gasteiger partial charge in [-0.25, -0.2) is 9.98 Å². The lowest BCUT2D eigenvalue weighted by Gasteiger charge is -2.37. The second-order valence-electron chi connectivity index (χ2n) is 7.98. The normalized spacial score (nSPS) is 23.1. The first-order valence-electron chi connectivity index (χ1n) is 11.0. The molecular formula is C23H30F3N5O. The molecule has 9 heteroatoms. The lowest BCUT2D eigenvalue weighted by atomic mass is 9.96. The van der Waals surface area contributed by atoms with Crippen LogP contribution in [0.4, 0.5) is 19.0 Å². The minimum absolute atomic E-state index is 0.0748. The van der Waals surface area contributed by atoms with Gasteiger partial charge in [-0.1, -0.05) is 19.9 Å². The molecule has 0 saturated carbocycles. The fraction of sp³-hybridized carbons (Fsp3) is 0.522. The molecule has 0 bridgehead atoms. The van der Waals surface area contributed by atoms with Crippen LogP contribution in [0.5, 0.6) is 0 Å². The third kappa shape index (κ3) is 5.56. The largest absolute Gasteiger partial charge is 0.416 e. The van der Waals surface area contributed by atoms with Crippen molar-refractivity contribution in [3.8, 4) is 0 Å². The van der Waals surface area contributed by atoms with Crippen molar-refractivity contribution in [3.63, 3.8) is 0 Å². The highest BCUT2D eigenvalue weighted by Gasteiger charge is 2.34. The zero-order chi connectivity index (χ0) is 23.3. The van der Waals surface area contributed by atoms with Gasteiger partial charge in [0.15, 0.2) is 0 Å². The Morgan fingerprint density at radius 1 is 1.31 bits per heavy atom. The van der Waals surface area contributed by atoms with Gasteiger partial charge in [-0.15, -0.1) is 0 Å². The molecule has 2 aliphatic rings. The number of carbonyl (C=O) groups is 1. The number of aromatic nitrogens is 1. The van der Waals surface area contributed by atoms with Crippen LogP contribution in [0.1, 0.15) is 57.7 Å². The first-order chi connectivity index (χ1) is 15.2. The maximum absolute atomic E-state index is 13.8. The van der Waals surface area contributed by atoms with Gasteiger partial charge in [-0.2, -0.15) is 13.2 Å². The summed E-state index contributed by atoms with van der Waals surface area (Å²) in [7, 11) is 0. The quantitative estimate of drug-likeness (QED) is 0.704. The third-order valence-electron chi connectivity index (χ3n) is 5.78. The van der Waals surface area contributed by atoms with Crippen molar-refractivity contribution in [2.24, 2.45) is 4.99 Å². The van der Waals surface area contributed by atoms with Crippen LogP contribution in [0.25, 0.3) is 5.57 Å². The molecule has 6 nitrogen and oxygen atoms in total. The van der Waals surface area contributed by atoms with Crippen molar-refractivity contribution in [2.75, 3.05) is 24.5 Å². The van der Waals surface area contributed by atoms with E-state index in [1.807, 2.05) is 24.8 Å². The van der Waals surface area contributed by atoms with E-state index in [1.165, 1.54) is 0 Å². The van der Waals surface area contributed by atoms with E-state index in [9.17, 15) is 18.0 Å². The number of piperidine rings is 1. The molecule has 2 aliphatic heterocycles. The van der Waals surface area contributed by atoms with Crippen LogP contribution >= 0.6 is 0 Å². The maximum Gasteiger partial charge on any atom is 0.416 e. The highest BCUT2D eigenvalue weighted by Crippen LogP contribution is 2.35. The highest BCUT2D eigenvalue weighted by atomic mass is 19.4. The number of amides is 1. The standard InChI is InChI=1S/C23H30F3N5O/c1-4-6-9-28-22-18(7-8-21(32)30-22)15(3)19-12-16(23(24,25)26)13-20(29-19)31-11-10-27-14-17(31)5-2/h6,9,12-13,17,27H,4-5,7-8,10-11,14H2,1-3H3,(H,28,30,32)/b9-6+,18-15+. The van der Waals surface area contributed by atoms with Gasteiger partial charge in [0.25, 0.3) is 0 Å². The molecule has 0 spiro atoms. The summed E-state index contributed by atoms with van der Waals surface area (Å²) in [5, 5.41) is 6.04. The Labute approximate surface area is 186 Å². The second kappa shape index (κ2) is 10.3. The summed E-state index contributed by atoms with van der Waals surface area (Å²) in [4.78, 5) is 22.8. The van der Waals surface area contributed by atoms with Gasteiger partial charge in [0.1, 0.15) is 11.7 Å². The summed E-state index contributed by atoms with van der Waals surface area (Å²) in [5.41, 5.74) is 0.816. The van der Waals surface area contributed by atoms with Gasteiger partial charge in [-0.05, 0) is 43.9 Å². The van der Waals surface area contributed by atoms with Crippen molar-refractivity contribution < 1.29 is 18.0 Å². The zero-order valence-electron chi connectivity index (χ0n) is 18.7. The Bertz CT molecular complexity index is 936. The van der Waals surface area contributed by atoms with E-state index in [-0.39, 0.29) is 24.1 Å². The van der Waals surface area contributed by atoms with Crippen LogP contribution in [0.15, 0.2) is 35.0 Å². The molecule has 0 aliphatic carbocycles. The van der Waals surface area contributed by atoms with E-state index >= 15 is 0 Å². The summed E-state index contributed by atoms with van der Waals surface area (Å²) >= 11 is 0. The van der Waals surface area contributed by atoms with Gasteiger partial charge >= 0.3 is 6.18 Å². The summed E-state index contributed by atoms with van der Waals surface area (Å²) in [6.07, 6.45) is 1.19. The Morgan fingerprint density at radius 3 is 2.78 bits per heavy atom. The Morgan fingerprint density at radius 2 is 2.09 bits per heavy atom. The molecule has 32 heavy (non-hydrogen) atoms. The van der Waals surface area contributed by atoms with Crippen molar-refractivity contribution in [3.05, 3.63) is 41.2 Å². The molecule has 1 amide bonds. The Balaban J connectivity index is 2.11. The van der Waals surface area contributed by atoms with Gasteiger partial charge in [0.2, 0.25) is 5.91 Å². The van der Waals surface area contributed by atoms with E-state index in [4.69, 9.17) is 0 Å². The minimum Gasteiger partial charge on any atom is -0.351 e. The van der Waals surface area contributed by atoms with E-state index in [0.29, 0.717) is 48.9 Å². The molecular weight excluding hydrogens is 419 g/mol. The Kier molecular flexibility index (Phi) is 7.71. The number of amidine groups is 1. The third-order valence-corrected chi connectivity index (χ3v) is 5.78. The molecule has 2 saturated heterocycles. The summed E-state index contributed by atoms with van der Waals surface area (Å²) < 4.78 is 41.3. The molecule has 1 aromatic rings. The van der Waals surface area contributed by atoms with Crippen molar-refractivity contribution in [1.82, 2.24) is 15.6 Å². The fourth-order valence-electron chi connectivity index (χ4n) is 3.94. The van der Waals surface area contributed by atoms with Crippen molar-refractivity contribution in [1.29, 1.82) is 0 Å². The van der Waals surface area contributed by atoms with E-state index in [2.05, 4.69) is 20.6 Å². The van der Waals surface area contributed by atoms with Crippen LogP contribution in [-0.2, 0) is 11.0 Å². The average Bonchev–Trinajstić information content (AvgIpc) is 2.78. The van der Waals surface area contributed by atoms with E-state index < -0.39 is 11.7 Å². The molecule has 0 aromatic carbocycles. The van der Waals surface area contributed by atoms with E-state index in [0.717, 1.165) is 25.0 Å². The predicted octanol–water partition coefficient (Wildman–Crippen LogP) is 4.29. The molecule has 1 unspecified atom stereocenters. The van der Waals surface area contributed by atoms with Crippen molar-refractivity contribution in [2.45, 2.75) is 58.7 Å². The number of aliphatic imine (C=N–C) groups is 1. The summed E-state index contributed by atoms with van der Waals surface area (Å²) in [6, 6.07) is 2.30. The van der Waals surface area contributed by atoms with Gasteiger partial charge in [-0.3, -0.25) is 4.79 Å². The minimum atomic E-state index is -4.49. The number of hydrogen-bond acceptors (Lipinski definition) is 5. The van der Waals surface area contributed by atoms with E-state index in [1.54, 1.807) is 13.1 Å². The molecule has 2 fully saturated rings. The number of nitrogens with zero attached hydrogens (tertiary/aromatic N) is 3. The number of piperazine rings is 1. The first-order valence-corrected chi connectivity index (χ1v) is 11.0. The van der Waals surface area contributed by atoms with Gasteiger partial charge in [0, 0.05) is 43.9 Å². The summed E-state index contributed by atoms with van der Waals surface area (Å²) in [6.45, 7) is 7.71. The predicted molar refractivity (Wildman–Crippen MR) is 120 cm³/mol. The highest BCUT2D eigenvalue weighted by molar-refractivity contribution is 6.14. The topological polar surface area (TPSA) is 69.6 Å². The number of pyridine rings is 1. The van der Waals surface area contributed by atoms with Crippen LogP contribution < -0.4 is 15.5 Å². The molecule has 3 heterocycles. The number of allylic oxidation sites excluding steroid dienone is 2. The zero-order valence-corrected chi connectivity index (χ0v) is 18.7. The monoisotopic (exact) mass is 449 g/mol. The number of halogens is 3. The molecule has 174 valence electrons. The Hall–Kier alpha value is -2.68. The van der Waals surface area contributed by atoms with Crippen LogP contribution in [-0.4, -0.2) is 42.4 Å². The van der Waals surface area contributed by atoms with Crippen LogP contribution in [0, 0.1) is 0 Å². The number of carbonyl (C=O) groups excluding carboxylic acids is 1. The molecule has 1 aromatic heterocycles. The lowest BCUT2D eigenvalue weighted by Crippen LogP contribution is -2.51. The van der Waals surface area contributed by atoms with Gasteiger partial charge < -0.3 is 15.5 Å².